The van der Waals surface area contributed by atoms with E-state index in [1.54, 1.807) is 30.3 Å². The topological polar surface area (TPSA) is 61.2 Å². The molecule has 4 heteroatoms. The van der Waals surface area contributed by atoms with Crippen molar-refractivity contribution in [1.82, 2.24) is 4.90 Å². The molecule has 1 heterocycles. The minimum absolute atomic E-state index is 0.234. The van der Waals surface area contributed by atoms with Gasteiger partial charge in [0.05, 0.1) is 29.3 Å². The van der Waals surface area contributed by atoms with Crippen LogP contribution in [0.15, 0.2) is 72.8 Å². The maximum absolute atomic E-state index is 12.5. The molecule has 0 bridgehead atoms. The molecule has 0 saturated carbocycles. The van der Waals surface area contributed by atoms with Gasteiger partial charge in [-0.05, 0) is 53.8 Å². The lowest BCUT2D eigenvalue weighted by atomic mass is 10.0. The zero-order valence-electron chi connectivity index (χ0n) is 15.3. The number of carbonyl (C=O) groups is 2. The first-order valence-corrected chi connectivity index (χ1v) is 9.18. The molecule has 0 saturated heterocycles. The van der Waals surface area contributed by atoms with Crippen molar-refractivity contribution in [1.29, 1.82) is 5.26 Å². The summed E-state index contributed by atoms with van der Waals surface area (Å²) in [5, 5.41) is 8.99. The molecule has 1 aliphatic heterocycles. The highest BCUT2D eigenvalue weighted by Gasteiger charge is 2.34. The smallest absolute Gasteiger partial charge is 0.261 e. The van der Waals surface area contributed by atoms with Crippen LogP contribution >= 0.6 is 0 Å². The molecule has 0 fully saturated rings. The summed E-state index contributed by atoms with van der Waals surface area (Å²) in [4.78, 5) is 26.2. The van der Waals surface area contributed by atoms with E-state index >= 15 is 0 Å². The van der Waals surface area contributed by atoms with Crippen LogP contribution in [-0.4, -0.2) is 16.7 Å². The Labute approximate surface area is 163 Å². The molecule has 4 rings (SSSR count). The van der Waals surface area contributed by atoms with E-state index in [0.717, 1.165) is 24.0 Å². The number of imide groups is 1. The van der Waals surface area contributed by atoms with E-state index in [2.05, 4.69) is 6.07 Å². The third-order valence-electron chi connectivity index (χ3n) is 5.00. The number of amides is 2. The highest BCUT2D eigenvalue weighted by molar-refractivity contribution is 6.21. The fourth-order valence-electron chi connectivity index (χ4n) is 3.46. The van der Waals surface area contributed by atoms with E-state index in [4.69, 9.17) is 5.26 Å². The molecule has 0 atom stereocenters. The van der Waals surface area contributed by atoms with E-state index < -0.39 is 0 Å². The van der Waals surface area contributed by atoms with Crippen LogP contribution in [-0.2, 0) is 19.4 Å². The SMILES string of the molecule is N#Cc1cccc(CCc2ccc(CN3C(=O)c4ccccc4C3=O)cc2)c1. The van der Waals surface area contributed by atoms with Gasteiger partial charge < -0.3 is 0 Å². The quantitative estimate of drug-likeness (QED) is 0.638. The second kappa shape index (κ2) is 7.50. The first-order valence-electron chi connectivity index (χ1n) is 9.18. The summed E-state index contributed by atoms with van der Waals surface area (Å²) < 4.78 is 0. The minimum atomic E-state index is -0.234. The first-order chi connectivity index (χ1) is 13.7. The lowest BCUT2D eigenvalue weighted by Gasteiger charge is -2.14. The molecule has 0 radical (unpaired) electrons. The summed E-state index contributed by atoms with van der Waals surface area (Å²) >= 11 is 0. The van der Waals surface area contributed by atoms with Gasteiger partial charge in [0, 0.05) is 0 Å². The second-order valence-corrected chi connectivity index (χ2v) is 6.87. The number of nitriles is 1. The minimum Gasteiger partial charge on any atom is -0.270 e. The van der Waals surface area contributed by atoms with Gasteiger partial charge in [-0.15, -0.1) is 0 Å². The van der Waals surface area contributed by atoms with Crippen LogP contribution in [0.5, 0.6) is 0 Å². The molecule has 2 amide bonds. The number of benzene rings is 3. The molecule has 28 heavy (non-hydrogen) atoms. The molecule has 136 valence electrons. The predicted molar refractivity (Wildman–Crippen MR) is 106 cm³/mol. The summed E-state index contributed by atoms with van der Waals surface area (Å²) in [6.07, 6.45) is 1.72. The largest absolute Gasteiger partial charge is 0.270 e. The van der Waals surface area contributed by atoms with Crippen molar-refractivity contribution in [2.45, 2.75) is 19.4 Å². The molecular formula is C24H18N2O2. The lowest BCUT2D eigenvalue weighted by Crippen LogP contribution is -2.29. The van der Waals surface area contributed by atoms with Gasteiger partial charge in [-0.2, -0.15) is 5.26 Å². The van der Waals surface area contributed by atoms with Gasteiger partial charge in [0.1, 0.15) is 0 Å². The molecule has 0 unspecified atom stereocenters. The predicted octanol–water partition coefficient (Wildman–Crippen LogP) is 4.14. The van der Waals surface area contributed by atoms with E-state index in [-0.39, 0.29) is 18.4 Å². The Kier molecular flexibility index (Phi) is 4.74. The van der Waals surface area contributed by atoms with Crippen LogP contribution in [0.2, 0.25) is 0 Å². The summed E-state index contributed by atoms with van der Waals surface area (Å²) in [6.45, 7) is 0.275. The number of carbonyl (C=O) groups excluding carboxylic acids is 2. The highest BCUT2D eigenvalue weighted by Crippen LogP contribution is 2.24. The van der Waals surface area contributed by atoms with Crippen molar-refractivity contribution in [2.75, 3.05) is 0 Å². The highest BCUT2D eigenvalue weighted by atomic mass is 16.2. The molecule has 3 aromatic rings. The number of nitrogens with zero attached hydrogens (tertiary/aromatic N) is 2. The van der Waals surface area contributed by atoms with Crippen molar-refractivity contribution < 1.29 is 9.59 Å². The molecule has 0 aromatic heterocycles. The Morgan fingerprint density at radius 1 is 0.714 bits per heavy atom. The first kappa shape index (κ1) is 17.7. The van der Waals surface area contributed by atoms with Crippen molar-refractivity contribution in [3.63, 3.8) is 0 Å². The third kappa shape index (κ3) is 3.43. The fourth-order valence-corrected chi connectivity index (χ4v) is 3.46. The van der Waals surface area contributed by atoms with E-state index in [9.17, 15) is 9.59 Å². The lowest BCUT2D eigenvalue weighted by molar-refractivity contribution is 0.0642. The Morgan fingerprint density at radius 2 is 1.32 bits per heavy atom. The van der Waals surface area contributed by atoms with Gasteiger partial charge in [0.15, 0.2) is 0 Å². The van der Waals surface area contributed by atoms with Crippen molar-refractivity contribution >= 4 is 11.8 Å². The van der Waals surface area contributed by atoms with Crippen molar-refractivity contribution in [2.24, 2.45) is 0 Å². The Morgan fingerprint density at radius 3 is 1.96 bits per heavy atom. The van der Waals surface area contributed by atoms with Crippen LogP contribution in [0.4, 0.5) is 0 Å². The van der Waals surface area contributed by atoms with Crippen LogP contribution in [0, 0.1) is 11.3 Å². The summed E-state index contributed by atoms with van der Waals surface area (Å²) in [5.41, 5.74) is 4.86. The zero-order valence-corrected chi connectivity index (χ0v) is 15.3. The van der Waals surface area contributed by atoms with Crippen LogP contribution in [0.1, 0.15) is 43.0 Å². The van der Waals surface area contributed by atoms with Crippen LogP contribution in [0.3, 0.4) is 0 Å². The Balaban J connectivity index is 1.41. The van der Waals surface area contributed by atoms with Gasteiger partial charge in [0.25, 0.3) is 11.8 Å². The molecule has 0 N–H and O–H groups in total. The number of aryl methyl sites for hydroxylation is 2. The van der Waals surface area contributed by atoms with Gasteiger partial charge in [-0.25, -0.2) is 0 Å². The summed E-state index contributed by atoms with van der Waals surface area (Å²) in [5.74, 6) is -0.468. The molecule has 0 spiro atoms. The van der Waals surface area contributed by atoms with Gasteiger partial charge >= 0.3 is 0 Å². The van der Waals surface area contributed by atoms with Crippen molar-refractivity contribution in [3.8, 4) is 6.07 Å². The van der Waals surface area contributed by atoms with Gasteiger partial charge in [0.2, 0.25) is 0 Å². The Bertz CT molecular complexity index is 1060. The molecular weight excluding hydrogens is 348 g/mol. The second-order valence-electron chi connectivity index (χ2n) is 6.87. The summed E-state index contributed by atoms with van der Waals surface area (Å²) in [6, 6.07) is 24.7. The normalized spacial score (nSPS) is 12.8. The molecule has 3 aromatic carbocycles. The number of rotatable bonds is 5. The fraction of sp³-hybridized carbons (Fsp3) is 0.125. The third-order valence-corrected chi connectivity index (χ3v) is 5.00. The van der Waals surface area contributed by atoms with Gasteiger partial charge in [-0.3, -0.25) is 14.5 Å². The van der Waals surface area contributed by atoms with Crippen LogP contribution < -0.4 is 0 Å². The van der Waals surface area contributed by atoms with Gasteiger partial charge in [-0.1, -0.05) is 48.5 Å². The summed E-state index contributed by atoms with van der Waals surface area (Å²) in [7, 11) is 0. The monoisotopic (exact) mass is 366 g/mol. The zero-order chi connectivity index (χ0) is 19.5. The van der Waals surface area contributed by atoms with E-state index in [0.29, 0.717) is 16.7 Å². The van der Waals surface area contributed by atoms with E-state index in [1.165, 1.54) is 10.5 Å². The number of fused-ring (bicyclic) bond motifs is 1. The molecule has 1 aliphatic rings. The van der Waals surface area contributed by atoms with Crippen molar-refractivity contribution in [3.05, 3.63) is 106 Å². The van der Waals surface area contributed by atoms with E-state index in [1.807, 2.05) is 42.5 Å². The Hall–Kier alpha value is -3.71. The maximum atomic E-state index is 12.5. The average Bonchev–Trinajstić information content (AvgIpc) is 2.98. The number of hydrogen-bond acceptors (Lipinski definition) is 3. The molecule has 4 nitrogen and oxygen atoms in total. The standard InChI is InChI=1S/C24H18N2O2/c25-15-20-5-3-4-18(14-20)11-8-17-9-12-19(13-10-17)16-26-23(27)21-6-1-2-7-22(21)24(26)28/h1-7,9-10,12-14H,8,11,16H2. The average molecular weight is 366 g/mol. The van der Waals surface area contributed by atoms with Crippen LogP contribution in [0.25, 0.3) is 0 Å². The number of hydrogen-bond donors (Lipinski definition) is 0. The maximum Gasteiger partial charge on any atom is 0.261 e. The molecule has 0 aliphatic carbocycles.